The van der Waals surface area contributed by atoms with Gasteiger partial charge in [-0.25, -0.2) is 8.42 Å². The molecule has 0 radical (unpaired) electrons. The molecule has 0 bridgehead atoms. The highest BCUT2D eigenvalue weighted by atomic mass is 35.5. The largest absolute Gasteiger partial charge is 0.462 e. The van der Waals surface area contributed by atoms with Gasteiger partial charge in [-0.2, -0.15) is 0 Å². The smallest absolute Gasteiger partial charge is 0.222 e. The van der Waals surface area contributed by atoms with Crippen molar-refractivity contribution in [3.8, 4) is 5.75 Å². The van der Waals surface area contributed by atoms with Crippen molar-refractivity contribution < 1.29 is 17.9 Å². The van der Waals surface area contributed by atoms with Crippen molar-refractivity contribution in [3.63, 3.8) is 0 Å². The molecule has 0 aliphatic carbocycles. The van der Waals surface area contributed by atoms with Crippen LogP contribution in [0.15, 0.2) is 6.07 Å². The lowest BCUT2D eigenvalue weighted by molar-refractivity contribution is -0.0612. The van der Waals surface area contributed by atoms with Gasteiger partial charge >= 0.3 is 0 Å². The predicted octanol–water partition coefficient (Wildman–Crippen LogP) is 3.00. The molecule has 0 saturated carbocycles. The zero-order chi connectivity index (χ0) is 14.6. The van der Waals surface area contributed by atoms with Crippen LogP contribution in [0, 0.1) is 6.92 Å². The topological polar surface area (TPSA) is 64.6 Å². The number of rotatable bonds is 6. The molecule has 1 atom stereocenters. The maximum atomic E-state index is 10.7. The summed E-state index contributed by atoms with van der Waals surface area (Å²) >= 11 is 12.2. The molecule has 0 aromatic heterocycles. The second-order valence-electron chi connectivity index (χ2n) is 3.68. The van der Waals surface area contributed by atoms with Gasteiger partial charge in [0.15, 0.2) is 12.0 Å². The monoisotopic (exact) mass is 327 g/mol. The van der Waals surface area contributed by atoms with Gasteiger partial charge in [0.25, 0.3) is 0 Å². The fourth-order valence-corrected chi connectivity index (χ4v) is 2.42. The summed E-state index contributed by atoms with van der Waals surface area (Å²) in [4.78, 5) is 0. The molecule has 0 fully saturated rings. The van der Waals surface area contributed by atoms with Gasteiger partial charge in [-0.3, -0.25) is 4.72 Å². The fraction of sp³-hybridized carbons (Fsp3) is 0.455. The van der Waals surface area contributed by atoms with Gasteiger partial charge in [0.05, 0.1) is 15.7 Å². The lowest BCUT2D eigenvalue weighted by Crippen LogP contribution is -2.16. The van der Waals surface area contributed by atoms with E-state index >= 15 is 0 Å². The number of thiol groups is 1. The van der Waals surface area contributed by atoms with E-state index in [-0.39, 0.29) is 15.8 Å². The average Bonchev–Trinajstić information content (AvgIpc) is 2.31. The fourth-order valence-electron chi connectivity index (χ4n) is 1.45. The molecule has 1 N–H and O–H groups in total. The van der Waals surface area contributed by atoms with Crippen LogP contribution in [0.3, 0.4) is 0 Å². The van der Waals surface area contributed by atoms with Crippen LogP contribution in [0.1, 0.15) is 19.4 Å². The number of hydrogen-bond donors (Lipinski definition) is 2. The summed E-state index contributed by atoms with van der Waals surface area (Å²) in [5.41, 5.74) is 0.853. The third-order valence-electron chi connectivity index (χ3n) is 2.32. The molecule has 0 spiro atoms. The van der Waals surface area contributed by atoms with Gasteiger partial charge < -0.3 is 9.47 Å². The summed E-state index contributed by atoms with van der Waals surface area (Å²) in [6.45, 7) is 5.71. The lowest BCUT2D eigenvalue weighted by Gasteiger charge is -2.18. The second kappa shape index (κ2) is 7.19. The standard InChI is InChI=1S/C11H15Cl2NO4S/c1-4-17-7(3)18-11-8(12)5-9(14-19(15)16)6(2)10(11)13/h5,7,19H,4H2,1-3H3,(H,14,15,16). The Bertz CT molecular complexity index is 526. The molecule has 108 valence electrons. The van der Waals surface area contributed by atoms with Crippen LogP contribution in [0.2, 0.25) is 10.0 Å². The van der Waals surface area contributed by atoms with E-state index in [1.165, 1.54) is 6.07 Å². The van der Waals surface area contributed by atoms with Crippen LogP contribution in [-0.4, -0.2) is 21.3 Å². The summed E-state index contributed by atoms with van der Waals surface area (Å²) < 4.78 is 34.3. The zero-order valence-corrected chi connectivity index (χ0v) is 13.1. The van der Waals surface area contributed by atoms with Gasteiger partial charge in [-0.1, -0.05) is 23.2 Å². The maximum Gasteiger partial charge on any atom is 0.222 e. The SMILES string of the molecule is CCOC(C)Oc1c(Cl)cc(N[SH](=O)=O)c(C)c1Cl. The van der Waals surface area contributed by atoms with Crippen molar-refractivity contribution in [1.82, 2.24) is 0 Å². The highest BCUT2D eigenvalue weighted by molar-refractivity contribution is 7.73. The van der Waals surface area contributed by atoms with E-state index in [1.807, 2.05) is 6.92 Å². The summed E-state index contributed by atoms with van der Waals surface area (Å²) in [5, 5.41) is 0.458. The van der Waals surface area contributed by atoms with Gasteiger partial charge in [-0.05, 0) is 32.4 Å². The van der Waals surface area contributed by atoms with Crippen LogP contribution in [0.25, 0.3) is 0 Å². The molecule has 8 heteroatoms. The van der Waals surface area contributed by atoms with Crippen molar-refractivity contribution in [1.29, 1.82) is 0 Å². The highest BCUT2D eigenvalue weighted by Crippen LogP contribution is 2.40. The minimum Gasteiger partial charge on any atom is -0.462 e. The molecular formula is C11H15Cl2NO4S. The molecule has 0 amide bonds. The molecule has 1 unspecified atom stereocenters. The summed E-state index contributed by atoms with van der Waals surface area (Å²) in [6, 6.07) is 1.45. The molecule has 5 nitrogen and oxygen atoms in total. The Morgan fingerprint density at radius 3 is 2.58 bits per heavy atom. The Hall–Kier alpha value is -0.690. The first kappa shape index (κ1) is 16.4. The van der Waals surface area contributed by atoms with Crippen molar-refractivity contribution in [2.24, 2.45) is 0 Å². The molecule has 1 rings (SSSR count). The van der Waals surface area contributed by atoms with E-state index in [0.717, 1.165) is 0 Å². The molecule has 0 aliphatic heterocycles. The van der Waals surface area contributed by atoms with E-state index < -0.39 is 17.2 Å². The lowest BCUT2D eigenvalue weighted by atomic mass is 10.2. The molecule has 1 aromatic rings. The van der Waals surface area contributed by atoms with Gasteiger partial charge in [0.1, 0.15) is 0 Å². The van der Waals surface area contributed by atoms with E-state index in [4.69, 9.17) is 32.7 Å². The molecular weight excluding hydrogens is 313 g/mol. The van der Waals surface area contributed by atoms with Crippen molar-refractivity contribution >= 4 is 39.8 Å². The molecule has 0 heterocycles. The minimum absolute atomic E-state index is 0.210. The zero-order valence-electron chi connectivity index (χ0n) is 10.7. The molecule has 0 saturated heterocycles. The van der Waals surface area contributed by atoms with E-state index in [0.29, 0.717) is 17.9 Å². The number of anilines is 1. The normalized spacial score (nSPS) is 12.5. The van der Waals surface area contributed by atoms with Crippen LogP contribution in [0.5, 0.6) is 5.75 Å². The van der Waals surface area contributed by atoms with Gasteiger partial charge in [0.2, 0.25) is 10.9 Å². The second-order valence-corrected chi connectivity index (χ2v) is 5.21. The van der Waals surface area contributed by atoms with Crippen LogP contribution in [0.4, 0.5) is 5.69 Å². The summed E-state index contributed by atoms with van der Waals surface area (Å²) in [6.07, 6.45) is -0.505. The Morgan fingerprint density at radius 1 is 1.42 bits per heavy atom. The third-order valence-corrected chi connectivity index (χ3v) is 3.48. The Balaban J connectivity index is 3.11. The number of hydrogen-bond acceptors (Lipinski definition) is 4. The Labute approximate surface area is 123 Å². The molecule has 19 heavy (non-hydrogen) atoms. The Morgan fingerprint density at radius 2 is 2.05 bits per heavy atom. The van der Waals surface area contributed by atoms with Crippen LogP contribution >= 0.6 is 23.2 Å². The van der Waals surface area contributed by atoms with Crippen molar-refractivity contribution in [3.05, 3.63) is 21.7 Å². The van der Waals surface area contributed by atoms with E-state index in [2.05, 4.69) is 4.72 Å². The quantitative estimate of drug-likeness (QED) is 0.622. The van der Waals surface area contributed by atoms with E-state index in [9.17, 15) is 8.42 Å². The first-order valence-electron chi connectivity index (χ1n) is 5.54. The van der Waals surface area contributed by atoms with Crippen LogP contribution < -0.4 is 9.46 Å². The maximum absolute atomic E-state index is 10.7. The average molecular weight is 328 g/mol. The molecule has 0 aliphatic rings. The first-order valence-corrected chi connectivity index (χ1v) is 7.48. The summed E-state index contributed by atoms with van der Waals surface area (Å²) in [7, 11) is -2.78. The van der Waals surface area contributed by atoms with Crippen LogP contribution in [-0.2, 0) is 15.6 Å². The van der Waals surface area contributed by atoms with Gasteiger partial charge in [0, 0.05) is 6.61 Å². The van der Waals surface area contributed by atoms with Gasteiger partial charge in [-0.15, -0.1) is 0 Å². The van der Waals surface area contributed by atoms with Crippen molar-refractivity contribution in [2.75, 3.05) is 11.3 Å². The Kier molecular flexibility index (Phi) is 6.19. The number of nitrogens with one attached hydrogen (secondary N) is 1. The highest BCUT2D eigenvalue weighted by Gasteiger charge is 2.17. The van der Waals surface area contributed by atoms with E-state index in [1.54, 1.807) is 13.8 Å². The number of benzene rings is 1. The third kappa shape index (κ3) is 4.42. The summed E-state index contributed by atoms with van der Waals surface area (Å²) in [5.74, 6) is 0.272. The first-order chi connectivity index (χ1) is 8.86. The number of halogens is 2. The molecule has 1 aromatic carbocycles. The van der Waals surface area contributed by atoms with Crippen molar-refractivity contribution in [2.45, 2.75) is 27.1 Å². The number of ether oxygens (including phenoxy) is 2. The predicted molar refractivity (Wildman–Crippen MR) is 76.9 cm³/mol. The minimum atomic E-state index is -2.78.